The maximum Gasteiger partial charge on any atom is 0.339 e. The van der Waals surface area contributed by atoms with Crippen LogP contribution in [0.25, 0.3) is 0 Å². The Kier molecular flexibility index (Phi) is 3.85. The van der Waals surface area contributed by atoms with Gasteiger partial charge < -0.3 is 5.11 Å². The lowest BCUT2D eigenvalue weighted by Crippen LogP contribution is -2.09. The van der Waals surface area contributed by atoms with Crippen LogP contribution in [0.5, 0.6) is 0 Å². The van der Waals surface area contributed by atoms with Gasteiger partial charge in [-0.05, 0) is 18.1 Å². The largest absolute Gasteiger partial charge is 0.478 e. The Bertz CT molecular complexity index is 614. The number of aryl methyl sites for hydroxylation is 1. The highest BCUT2D eigenvalue weighted by Crippen LogP contribution is 2.12. The van der Waals surface area contributed by atoms with E-state index >= 15 is 0 Å². The number of aromatic carboxylic acids is 1. The molecule has 0 saturated heterocycles. The molecule has 0 spiro atoms. The predicted molar refractivity (Wildman–Crippen MR) is 67.6 cm³/mol. The molecule has 0 bridgehead atoms. The summed E-state index contributed by atoms with van der Waals surface area (Å²) in [4.78, 5) is 19.1. The minimum Gasteiger partial charge on any atom is -0.478 e. The standard InChI is InChI=1S/C14H13FN2O2/c1-2-12-10(14(18)19)8-16-13(17-12)7-9-5-3-4-6-11(9)15/h3-6,8H,2,7H2,1H3,(H,18,19). The molecule has 1 heterocycles. The molecule has 2 rings (SSSR count). The number of hydrogen-bond acceptors (Lipinski definition) is 3. The van der Waals surface area contributed by atoms with Gasteiger partial charge in [-0.2, -0.15) is 0 Å². The second kappa shape index (κ2) is 5.56. The van der Waals surface area contributed by atoms with E-state index in [0.29, 0.717) is 23.5 Å². The van der Waals surface area contributed by atoms with E-state index in [1.807, 2.05) is 6.92 Å². The molecule has 98 valence electrons. The van der Waals surface area contributed by atoms with Gasteiger partial charge in [0.25, 0.3) is 0 Å². The number of aromatic nitrogens is 2. The maximum atomic E-state index is 13.5. The van der Waals surface area contributed by atoms with Crippen molar-refractivity contribution in [2.24, 2.45) is 0 Å². The van der Waals surface area contributed by atoms with Crippen molar-refractivity contribution in [3.63, 3.8) is 0 Å². The predicted octanol–water partition coefficient (Wildman–Crippen LogP) is 2.47. The highest BCUT2D eigenvalue weighted by atomic mass is 19.1. The molecule has 0 aliphatic rings. The third kappa shape index (κ3) is 2.93. The molecule has 0 amide bonds. The number of halogens is 1. The monoisotopic (exact) mass is 260 g/mol. The minimum absolute atomic E-state index is 0.0970. The zero-order chi connectivity index (χ0) is 13.8. The first-order valence-electron chi connectivity index (χ1n) is 5.93. The number of benzene rings is 1. The van der Waals surface area contributed by atoms with Crippen LogP contribution in [0.2, 0.25) is 0 Å². The van der Waals surface area contributed by atoms with Crippen LogP contribution in [0.3, 0.4) is 0 Å². The fourth-order valence-corrected chi connectivity index (χ4v) is 1.80. The Balaban J connectivity index is 2.32. The van der Waals surface area contributed by atoms with Crippen molar-refractivity contribution in [3.8, 4) is 0 Å². The van der Waals surface area contributed by atoms with Gasteiger partial charge in [0.05, 0.1) is 11.3 Å². The van der Waals surface area contributed by atoms with Gasteiger partial charge in [-0.3, -0.25) is 0 Å². The Morgan fingerprint density at radius 1 is 1.37 bits per heavy atom. The van der Waals surface area contributed by atoms with Crippen molar-refractivity contribution < 1.29 is 14.3 Å². The molecule has 4 nitrogen and oxygen atoms in total. The molecule has 1 N–H and O–H groups in total. The van der Waals surface area contributed by atoms with Crippen molar-refractivity contribution in [3.05, 3.63) is 58.9 Å². The number of rotatable bonds is 4. The second-order valence-corrected chi connectivity index (χ2v) is 4.07. The van der Waals surface area contributed by atoms with Gasteiger partial charge in [0.15, 0.2) is 0 Å². The molecule has 0 aliphatic heterocycles. The summed E-state index contributed by atoms with van der Waals surface area (Å²) in [5.74, 6) is -0.937. The third-order valence-corrected chi connectivity index (χ3v) is 2.79. The maximum absolute atomic E-state index is 13.5. The summed E-state index contributed by atoms with van der Waals surface area (Å²) in [6.45, 7) is 1.82. The molecule has 5 heteroatoms. The Morgan fingerprint density at radius 3 is 2.74 bits per heavy atom. The van der Waals surface area contributed by atoms with Crippen molar-refractivity contribution in [1.82, 2.24) is 9.97 Å². The van der Waals surface area contributed by atoms with E-state index in [1.54, 1.807) is 18.2 Å². The normalized spacial score (nSPS) is 10.4. The summed E-state index contributed by atoms with van der Waals surface area (Å²) in [5, 5.41) is 8.98. The van der Waals surface area contributed by atoms with E-state index < -0.39 is 5.97 Å². The minimum atomic E-state index is -1.05. The summed E-state index contributed by atoms with van der Waals surface area (Å²) >= 11 is 0. The van der Waals surface area contributed by atoms with E-state index in [2.05, 4.69) is 9.97 Å². The van der Waals surface area contributed by atoms with Crippen molar-refractivity contribution in [2.75, 3.05) is 0 Å². The van der Waals surface area contributed by atoms with Gasteiger partial charge in [0, 0.05) is 12.6 Å². The molecular formula is C14H13FN2O2. The molecular weight excluding hydrogens is 247 g/mol. The Labute approximate surface area is 110 Å². The van der Waals surface area contributed by atoms with E-state index in [4.69, 9.17) is 5.11 Å². The third-order valence-electron chi connectivity index (χ3n) is 2.79. The van der Waals surface area contributed by atoms with Crippen molar-refractivity contribution >= 4 is 5.97 Å². The van der Waals surface area contributed by atoms with Gasteiger partial charge >= 0.3 is 5.97 Å². The molecule has 19 heavy (non-hydrogen) atoms. The molecule has 0 saturated carbocycles. The summed E-state index contributed by atoms with van der Waals surface area (Å²) in [7, 11) is 0. The molecule has 0 radical (unpaired) electrons. The lowest BCUT2D eigenvalue weighted by molar-refractivity contribution is 0.0694. The molecule has 0 unspecified atom stereocenters. The van der Waals surface area contributed by atoms with Crippen LogP contribution in [0.15, 0.2) is 30.5 Å². The van der Waals surface area contributed by atoms with Crippen LogP contribution < -0.4 is 0 Å². The molecule has 0 atom stereocenters. The number of hydrogen-bond donors (Lipinski definition) is 1. The summed E-state index contributed by atoms with van der Waals surface area (Å²) < 4.78 is 13.5. The Hall–Kier alpha value is -2.30. The molecule has 0 fully saturated rings. The summed E-state index contributed by atoms with van der Waals surface area (Å²) in [6, 6.07) is 6.40. The lowest BCUT2D eigenvalue weighted by atomic mass is 10.1. The highest BCUT2D eigenvalue weighted by molar-refractivity contribution is 5.88. The first-order chi connectivity index (χ1) is 9.11. The van der Waals surface area contributed by atoms with Crippen molar-refractivity contribution in [2.45, 2.75) is 19.8 Å². The van der Waals surface area contributed by atoms with E-state index in [-0.39, 0.29) is 17.8 Å². The lowest BCUT2D eigenvalue weighted by Gasteiger charge is -2.06. The van der Waals surface area contributed by atoms with Gasteiger partial charge in [-0.15, -0.1) is 0 Å². The topological polar surface area (TPSA) is 63.1 Å². The van der Waals surface area contributed by atoms with Gasteiger partial charge in [0.2, 0.25) is 0 Å². The number of carboxylic acid groups (broad SMARTS) is 1. The van der Waals surface area contributed by atoms with E-state index in [0.717, 1.165) is 0 Å². The number of nitrogens with zero attached hydrogens (tertiary/aromatic N) is 2. The van der Waals surface area contributed by atoms with Gasteiger partial charge in [-0.25, -0.2) is 19.2 Å². The number of carboxylic acids is 1. The van der Waals surface area contributed by atoms with Crippen LogP contribution in [-0.4, -0.2) is 21.0 Å². The fourth-order valence-electron chi connectivity index (χ4n) is 1.80. The van der Waals surface area contributed by atoms with Crippen LogP contribution in [0, 0.1) is 5.82 Å². The van der Waals surface area contributed by atoms with Crippen LogP contribution in [0.4, 0.5) is 4.39 Å². The molecule has 1 aromatic heterocycles. The fraction of sp³-hybridized carbons (Fsp3) is 0.214. The quantitative estimate of drug-likeness (QED) is 0.917. The molecule has 2 aromatic rings. The highest BCUT2D eigenvalue weighted by Gasteiger charge is 2.13. The zero-order valence-electron chi connectivity index (χ0n) is 10.4. The average molecular weight is 260 g/mol. The first-order valence-corrected chi connectivity index (χ1v) is 5.93. The van der Waals surface area contributed by atoms with Gasteiger partial charge in [0.1, 0.15) is 11.6 Å². The summed E-state index contributed by atoms with van der Waals surface area (Å²) in [6.07, 6.45) is 2.03. The van der Waals surface area contributed by atoms with Crippen molar-refractivity contribution in [1.29, 1.82) is 0 Å². The number of carbonyl (C=O) groups is 1. The molecule has 1 aromatic carbocycles. The Morgan fingerprint density at radius 2 is 2.11 bits per heavy atom. The SMILES string of the molecule is CCc1nc(Cc2ccccc2F)ncc1C(=O)O. The van der Waals surface area contributed by atoms with Gasteiger partial charge in [-0.1, -0.05) is 25.1 Å². The average Bonchev–Trinajstić information content (AvgIpc) is 2.41. The van der Waals surface area contributed by atoms with E-state index in [1.165, 1.54) is 12.3 Å². The van der Waals surface area contributed by atoms with E-state index in [9.17, 15) is 9.18 Å². The van der Waals surface area contributed by atoms with Crippen LogP contribution >= 0.6 is 0 Å². The van der Waals surface area contributed by atoms with Crippen LogP contribution in [0.1, 0.15) is 34.4 Å². The molecule has 0 aliphatic carbocycles. The zero-order valence-corrected chi connectivity index (χ0v) is 10.4. The first kappa shape index (κ1) is 13.1. The van der Waals surface area contributed by atoms with Crippen LogP contribution in [-0.2, 0) is 12.8 Å². The smallest absolute Gasteiger partial charge is 0.339 e. The summed E-state index contributed by atoms with van der Waals surface area (Å²) in [5.41, 5.74) is 1.06. The second-order valence-electron chi connectivity index (χ2n) is 4.07.